The number of carbonyl (C=O) groups excluding carboxylic acids is 3. The fourth-order valence-electron chi connectivity index (χ4n) is 0.319. The van der Waals surface area contributed by atoms with Crippen LogP contribution in [0.4, 0.5) is 0 Å². The molecule has 0 rings (SSSR count). The summed E-state index contributed by atoms with van der Waals surface area (Å²) in [6.45, 7) is 19.2. The van der Waals surface area contributed by atoms with Gasteiger partial charge in [-0.1, -0.05) is 13.5 Å². The third-order valence-corrected chi connectivity index (χ3v) is 1.05. The molecule has 7 heteroatoms. The minimum atomic E-state index is -0.347. The molecule has 0 atom stereocenters. The zero-order chi connectivity index (χ0) is 18.9. The first-order valence-corrected chi connectivity index (χ1v) is 5.24. The van der Waals surface area contributed by atoms with Crippen molar-refractivity contribution in [3.8, 4) is 0 Å². The van der Waals surface area contributed by atoms with E-state index < -0.39 is 0 Å². The van der Waals surface area contributed by atoms with Gasteiger partial charge >= 0.3 is 23.2 Å². The van der Waals surface area contributed by atoms with Gasteiger partial charge in [0.1, 0.15) is 6.79 Å². The van der Waals surface area contributed by atoms with Crippen LogP contribution >= 0.6 is 0 Å². The second-order valence-electron chi connectivity index (χ2n) is 2.20. The van der Waals surface area contributed by atoms with Crippen molar-refractivity contribution in [1.29, 1.82) is 0 Å². The molecule has 0 saturated heterocycles. The van der Waals surface area contributed by atoms with Crippen LogP contribution in [-0.2, 0) is 28.5 Å². The number of aliphatic hydroxyl groups is 1. The van der Waals surface area contributed by atoms with Crippen molar-refractivity contribution in [2.45, 2.75) is 20.3 Å². The number of carbonyl (C=O) groups is 3. The molecule has 124 valence electrons. The molecule has 21 heavy (non-hydrogen) atoms. The monoisotopic (exact) mass is 306 g/mol. The van der Waals surface area contributed by atoms with Crippen LogP contribution in [0.1, 0.15) is 20.3 Å². The summed E-state index contributed by atoms with van der Waals surface area (Å²) >= 11 is 0. The first-order chi connectivity index (χ1) is 9.99. The molecule has 7 nitrogen and oxygen atoms in total. The Labute approximate surface area is 127 Å². The summed E-state index contributed by atoms with van der Waals surface area (Å²) in [7, 11) is 3.71. The average Bonchev–Trinajstić information content (AvgIpc) is 2.60. The number of hydrogen-bond donors (Lipinski definition) is 1. The molecule has 0 bridgehead atoms. The molecule has 0 unspecified atom stereocenters. The second-order valence-corrected chi connectivity index (χ2v) is 2.20. The number of aliphatic hydroxyl groups excluding tert-OH is 1. The number of hydrogen-bond acceptors (Lipinski definition) is 6. The van der Waals surface area contributed by atoms with Crippen molar-refractivity contribution in [3.63, 3.8) is 0 Å². The first-order valence-electron chi connectivity index (χ1n) is 5.24. The van der Waals surface area contributed by atoms with E-state index in [4.69, 9.17) is 14.6 Å². The van der Waals surface area contributed by atoms with Crippen molar-refractivity contribution in [2.75, 3.05) is 21.3 Å². The van der Waals surface area contributed by atoms with Crippen LogP contribution in [0.2, 0.25) is 0 Å². The Morgan fingerprint density at radius 3 is 1.38 bits per heavy atom. The van der Waals surface area contributed by atoms with E-state index in [0.29, 0.717) is 12.0 Å². The Bertz CT molecular complexity index is 239. The molecule has 1 N–H and O–H groups in total. The second kappa shape index (κ2) is 52.3. The third kappa shape index (κ3) is 73.1. The summed E-state index contributed by atoms with van der Waals surface area (Å²) in [4.78, 5) is 28.1. The molecule has 0 radical (unpaired) electrons. The fraction of sp³-hybridized carbons (Fsp3) is 0.429. The molecule has 0 aromatic carbocycles. The Hall–Kier alpha value is -2.21. The van der Waals surface area contributed by atoms with Crippen molar-refractivity contribution >= 4 is 18.7 Å². The van der Waals surface area contributed by atoms with Gasteiger partial charge in [0.25, 0.3) is 0 Å². The zero-order valence-corrected chi connectivity index (χ0v) is 13.4. The van der Waals surface area contributed by atoms with Gasteiger partial charge in [-0.15, -0.1) is 13.2 Å². The number of ether oxygens (including phenoxy) is 2. The predicted octanol–water partition coefficient (Wildman–Crippen LogP) is 1.49. The van der Waals surface area contributed by atoms with E-state index in [1.807, 2.05) is 6.79 Å². The van der Waals surface area contributed by atoms with Crippen molar-refractivity contribution in [2.24, 2.45) is 0 Å². The maximum absolute atomic E-state index is 10.2. The van der Waals surface area contributed by atoms with Crippen molar-refractivity contribution < 1.29 is 33.6 Å². The van der Waals surface area contributed by atoms with Crippen LogP contribution in [0.3, 0.4) is 0 Å². The van der Waals surface area contributed by atoms with Gasteiger partial charge < -0.3 is 19.4 Å². The van der Waals surface area contributed by atoms with Crippen molar-refractivity contribution in [3.05, 3.63) is 32.0 Å². The van der Waals surface area contributed by atoms with E-state index in [1.165, 1.54) is 14.2 Å². The Morgan fingerprint density at radius 2 is 1.38 bits per heavy atom. The predicted molar refractivity (Wildman–Crippen MR) is 79.6 cm³/mol. The Balaban J connectivity index is -0.0000000365. The molecular formula is C14H26O7. The van der Waals surface area contributed by atoms with Gasteiger partial charge in [-0.2, -0.15) is 0 Å². The molecular weight excluding hydrogens is 280 g/mol. The fourth-order valence-corrected chi connectivity index (χ4v) is 0.319. The zero-order valence-electron chi connectivity index (χ0n) is 13.4. The summed E-state index contributed by atoms with van der Waals surface area (Å²) in [5.41, 5.74) is 0.433. The molecule has 0 fully saturated rings. The van der Waals surface area contributed by atoms with Gasteiger partial charge in [-0.05, 0) is 6.92 Å². The average molecular weight is 306 g/mol. The topological polar surface area (TPSA) is 110 Å². The van der Waals surface area contributed by atoms with Gasteiger partial charge in [0.2, 0.25) is 0 Å². The van der Waals surface area contributed by atoms with E-state index in [2.05, 4.69) is 35.9 Å². The van der Waals surface area contributed by atoms with Gasteiger partial charge in [0.05, 0.1) is 14.2 Å². The van der Waals surface area contributed by atoms with Crippen LogP contribution in [-0.4, -0.2) is 45.2 Å². The Kier molecular flexibility index (Phi) is 90.6. The van der Waals surface area contributed by atoms with E-state index in [1.54, 1.807) is 13.8 Å². The van der Waals surface area contributed by atoms with Crippen LogP contribution in [0.15, 0.2) is 25.3 Å². The van der Waals surface area contributed by atoms with Gasteiger partial charge in [0, 0.05) is 19.1 Å². The third-order valence-electron chi connectivity index (χ3n) is 1.05. The van der Waals surface area contributed by atoms with Gasteiger partial charge in [-0.25, -0.2) is 4.79 Å². The van der Waals surface area contributed by atoms with Gasteiger partial charge in [0.15, 0.2) is 0 Å². The summed E-state index contributed by atoms with van der Waals surface area (Å²) in [6.07, 6.45) is 0.469. The Morgan fingerprint density at radius 1 is 1.10 bits per heavy atom. The van der Waals surface area contributed by atoms with Crippen LogP contribution in [0, 0.1) is 6.65 Å². The number of methoxy groups -OCH3 is 2. The van der Waals surface area contributed by atoms with Crippen LogP contribution < -0.4 is 0 Å². The normalized spacial score (nSPS) is 5.52. The summed E-state index contributed by atoms with van der Waals surface area (Å²) in [5, 5.41) is 7.00. The molecule has 0 aliphatic carbocycles. The van der Waals surface area contributed by atoms with E-state index in [-0.39, 0.29) is 11.9 Å². The maximum atomic E-state index is 10.2. The molecule has 0 aromatic rings. The summed E-state index contributed by atoms with van der Waals surface area (Å²) in [6, 6.07) is 0. The molecule has 0 heterocycles. The minimum absolute atomic E-state index is 0.157. The number of esters is 2. The van der Waals surface area contributed by atoms with Gasteiger partial charge in [-0.3, -0.25) is 4.79 Å². The van der Waals surface area contributed by atoms with E-state index in [0.717, 1.165) is 7.11 Å². The molecule has 0 spiro atoms. The quantitative estimate of drug-likeness (QED) is 0.272. The molecule has 0 saturated carbocycles. The summed E-state index contributed by atoms with van der Waals surface area (Å²) < 4.78 is 16.0. The van der Waals surface area contributed by atoms with Crippen LogP contribution in [0.5, 0.6) is 0 Å². The van der Waals surface area contributed by atoms with E-state index in [9.17, 15) is 9.59 Å². The van der Waals surface area contributed by atoms with Crippen molar-refractivity contribution in [1.82, 2.24) is 0 Å². The van der Waals surface area contributed by atoms with E-state index >= 15 is 0 Å². The molecule has 0 aromatic heterocycles. The standard InChI is InChI=1S/C5H8O2.C4H8O2.C2H4.CH4O.CH2O.CO/c1-4(2)5(6)7-3;1-3-4(5)6-2;4*1-2/h1H2,2-3H3;3H2,1-2H3;1-2H2;2H,1H3;1H2;. The number of rotatable bonds is 2. The van der Waals surface area contributed by atoms with Crippen LogP contribution in [0.25, 0.3) is 0 Å². The first kappa shape index (κ1) is 36.4. The SMILES string of the molecule is C=C.C=C(C)C(=O)OC.C=O.CCC(=O)OC.CO.[C-]#[O+]. The molecule has 0 aliphatic heterocycles. The molecule has 0 aliphatic rings. The molecule has 0 amide bonds. The summed E-state index contributed by atoms with van der Waals surface area (Å²) in [5.74, 6) is -0.505.